The summed E-state index contributed by atoms with van der Waals surface area (Å²) >= 11 is 5.82. The maximum atomic E-state index is 11.3. The Morgan fingerprint density at radius 1 is 1.64 bits per heavy atom. The zero-order chi connectivity index (χ0) is 10.1. The summed E-state index contributed by atoms with van der Waals surface area (Å²) in [5.41, 5.74) is 1.11. The minimum atomic E-state index is -0.390. The monoisotopic (exact) mass is 210 g/mol. The van der Waals surface area contributed by atoms with Crippen LogP contribution < -0.4 is 0 Å². The molecule has 2 aromatic heterocycles. The first-order valence-corrected chi connectivity index (χ1v) is 4.31. The van der Waals surface area contributed by atoms with Crippen LogP contribution in [-0.4, -0.2) is 23.0 Å². The van der Waals surface area contributed by atoms with Gasteiger partial charge in [0.2, 0.25) is 0 Å². The SMILES string of the molecule is COC(=O)c1c[nH]c2c(Cl)nccc12. The van der Waals surface area contributed by atoms with Crippen LogP contribution in [0.25, 0.3) is 10.9 Å². The van der Waals surface area contributed by atoms with E-state index in [9.17, 15) is 4.79 Å². The van der Waals surface area contributed by atoms with Gasteiger partial charge in [0.15, 0.2) is 5.15 Å². The summed E-state index contributed by atoms with van der Waals surface area (Å²) < 4.78 is 4.62. The molecule has 5 heteroatoms. The minimum absolute atomic E-state index is 0.345. The predicted molar refractivity (Wildman–Crippen MR) is 52.4 cm³/mol. The van der Waals surface area contributed by atoms with Crippen LogP contribution in [0.4, 0.5) is 0 Å². The first kappa shape index (κ1) is 9.02. The molecule has 4 nitrogen and oxygen atoms in total. The lowest BCUT2D eigenvalue weighted by Crippen LogP contribution is -1.99. The van der Waals surface area contributed by atoms with Crippen LogP contribution >= 0.6 is 11.6 Å². The summed E-state index contributed by atoms with van der Waals surface area (Å²) in [6, 6.07) is 1.71. The number of nitrogens with zero attached hydrogens (tertiary/aromatic N) is 1. The molecule has 0 spiro atoms. The van der Waals surface area contributed by atoms with Crippen LogP contribution in [0.3, 0.4) is 0 Å². The van der Waals surface area contributed by atoms with Gasteiger partial charge < -0.3 is 9.72 Å². The lowest BCUT2D eigenvalue weighted by atomic mass is 10.2. The highest BCUT2D eigenvalue weighted by Gasteiger charge is 2.13. The maximum absolute atomic E-state index is 11.3. The van der Waals surface area contributed by atoms with Gasteiger partial charge in [-0.05, 0) is 6.07 Å². The highest BCUT2D eigenvalue weighted by molar-refractivity contribution is 6.34. The maximum Gasteiger partial charge on any atom is 0.340 e. The van der Waals surface area contributed by atoms with Gasteiger partial charge in [-0.2, -0.15) is 0 Å². The van der Waals surface area contributed by atoms with Gasteiger partial charge in [-0.25, -0.2) is 9.78 Å². The van der Waals surface area contributed by atoms with Gasteiger partial charge in [-0.1, -0.05) is 11.6 Å². The first-order valence-electron chi connectivity index (χ1n) is 3.94. The van der Waals surface area contributed by atoms with Crippen molar-refractivity contribution in [1.82, 2.24) is 9.97 Å². The number of methoxy groups -OCH3 is 1. The van der Waals surface area contributed by atoms with Crippen molar-refractivity contribution in [2.24, 2.45) is 0 Å². The molecule has 0 aliphatic heterocycles. The fraction of sp³-hybridized carbons (Fsp3) is 0.111. The Hall–Kier alpha value is -1.55. The Morgan fingerprint density at radius 3 is 3.14 bits per heavy atom. The number of aromatic amines is 1. The zero-order valence-corrected chi connectivity index (χ0v) is 8.13. The van der Waals surface area contributed by atoms with E-state index in [1.807, 2.05) is 0 Å². The Labute approximate surface area is 84.9 Å². The number of fused-ring (bicyclic) bond motifs is 1. The van der Waals surface area contributed by atoms with E-state index in [0.29, 0.717) is 16.2 Å². The molecule has 1 N–H and O–H groups in total. The molecule has 14 heavy (non-hydrogen) atoms. The van der Waals surface area contributed by atoms with Crippen molar-refractivity contribution >= 4 is 28.5 Å². The molecule has 0 saturated heterocycles. The minimum Gasteiger partial charge on any atom is -0.465 e. The largest absolute Gasteiger partial charge is 0.465 e. The third-order valence-electron chi connectivity index (χ3n) is 1.96. The van der Waals surface area contributed by atoms with Gasteiger partial charge in [0.1, 0.15) is 0 Å². The first-order chi connectivity index (χ1) is 6.74. The second kappa shape index (κ2) is 3.31. The van der Waals surface area contributed by atoms with Crippen molar-refractivity contribution in [3.05, 3.63) is 29.2 Å². The molecule has 0 radical (unpaired) electrons. The second-order valence-corrected chi connectivity index (χ2v) is 3.08. The van der Waals surface area contributed by atoms with E-state index < -0.39 is 5.97 Å². The van der Waals surface area contributed by atoms with E-state index in [2.05, 4.69) is 14.7 Å². The molecule has 0 saturated carbocycles. The average Bonchev–Trinajstić information content (AvgIpc) is 2.62. The number of nitrogens with one attached hydrogen (secondary N) is 1. The van der Waals surface area contributed by atoms with E-state index in [0.717, 1.165) is 5.39 Å². The molecule has 0 atom stereocenters. The number of rotatable bonds is 1. The van der Waals surface area contributed by atoms with Crippen LogP contribution in [-0.2, 0) is 4.74 Å². The van der Waals surface area contributed by atoms with Crippen molar-refractivity contribution in [2.75, 3.05) is 7.11 Å². The van der Waals surface area contributed by atoms with Crippen LogP contribution in [0, 0.1) is 0 Å². The topological polar surface area (TPSA) is 55.0 Å². The van der Waals surface area contributed by atoms with Crippen molar-refractivity contribution in [2.45, 2.75) is 0 Å². The molecular weight excluding hydrogens is 204 g/mol. The van der Waals surface area contributed by atoms with Gasteiger partial charge in [0.05, 0.1) is 18.2 Å². The van der Waals surface area contributed by atoms with Crippen molar-refractivity contribution in [3.63, 3.8) is 0 Å². The summed E-state index contributed by atoms with van der Waals surface area (Å²) in [6.45, 7) is 0. The molecule has 0 bridgehead atoms. The van der Waals surface area contributed by atoms with Gasteiger partial charge in [-0.3, -0.25) is 0 Å². The van der Waals surface area contributed by atoms with Crippen LogP contribution in [0.5, 0.6) is 0 Å². The van der Waals surface area contributed by atoms with E-state index >= 15 is 0 Å². The lowest BCUT2D eigenvalue weighted by molar-refractivity contribution is 0.0603. The molecule has 0 aliphatic rings. The standard InChI is InChI=1S/C9H7ClN2O2/c1-14-9(13)6-4-12-7-5(6)2-3-11-8(7)10/h2-4,12H,1H3. The Morgan fingerprint density at radius 2 is 2.43 bits per heavy atom. The Bertz CT molecular complexity index is 493. The van der Waals surface area contributed by atoms with Crippen LogP contribution in [0.1, 0.15) is 10.4 Å². The summed E-state index contributed by atoms with van der Waals surface area (Å²) in [5, 5.41) is 1.06. The number of ether oxygens (including phenoxy) is 1. The van der Waals surface area contributed by atoms with Gasteiger partial charge >= 0.3 is 5.97 Å². The summed E-state index contributed by atoms with van der Waals surface area (Å²) in [6.07, 6.45) is 3.11. The Kier molecular flexibility index (Phi) is 2.13. The normalized spacial score (nSPS) is 10.4. The highest BCUT2D eigenvalue weighted by Crippen LogP contribution is 2.23. The number of aromatic nitrogens is 2. The quantitative estimate of drug-likeness (QED) is 0.579. The van der Waals surface area contributed by atoms with Crippen molar-refractivity contribution < 1.29 is 9.53 Å². The fourth-order valence-corrected chi connectivity index (χ4v) is 1.51. The van der Waals surface area contributed by atoms with Gasteiger partial charge in [0, 0.05) is 17.8 Å². The molecule has 2 heterocycles. The molecule has 0 amide bonds. The number of H-pyrrole nitrogens is 1. The summed E-state index contributed by atoms with van der Waals surface area (Å²) in [5.74, 6) is -0.390. The third-order valence-corrected chi connectivity index (χ3v) is 2.25. The highest BCUT2D eigenvalue weighted by atomic mass is 35.5. The molecule has 0 aromatic carbocycles. The van der Waals surface area contributed by atoms with Crippen LogP contribution in [0.15, 0.2) is 18.5 Å². The lowest BCUT2D eigenvalue weighted by Gasteiger charge is -1.96. The molecule has 2 rings (SSSR count). The average molecular weight is 211 g/mol. The molecule has 0 fully saturated rings. The smallest absolute Gasteiger partial charge is 0.340 e. The molecule has 0 unspecified atom stereocenters. The van der Waals surface area contributed by atoms with E-state index in [-0.39, 0.29) is 0 Å². The summed E-state index contributed by atoms with van der Waals surface area (Å²) in [7, 11) is 1.34. The zero-order valence-electron chi connectivity index (χ0n) is 7.37. The van der Waals surface area contributed by atoms with E-state index in [1.54, 1.807) is 18.5 Å². The number of hydrogen-bond acceptors (Lipinski definition) is 3. The molecule has 72 valence electrons. The van der Waals surface area contributed by atoms with Gasteiger partial charge in [-0.15, -0.1) is 0 Å². The van der Waals surface area contributed by atoms with Gasteiger partial charge in [0.25, 0.3) is 0 Å². The Balaban J connectivity index is 2.70. The predicted octanol–water partition coefficient (Wildman–Crippen LogP) is 2.00. The van der Waals surface area contributed by atoms with Crippen molar-refractivity contribution in [1.29, 1.82) is 0 Å². The van der Waals surface area contributed by atoms with Crippen LogP contribution in [0.2, 0.25) is 5.15 Å². The number of pyridine rings is 1. The summed E-state index contributed by atoms with van der Waals surface area (Å²) in [4.78, 5) is 18.1. The van der Waals surface area contributed by atoms with Crippen molar-refractivity contribution in [3.8, 4) is 0 Å². The number of carbonyl (C=O) groups excluding carboxylic acids is 1. The third kappa shape index (κ3) is 1.24. The number of hydrogen-bond donors (Lipinski definition) is 1. The van der Waals surface area contributed by atoms with E-state index in [4.69, 9.17) is 11.6 Å². The number of halogens is 1. The fourth-order valence-electron chi connectivity index (χ4n) is 1.30. The second-order valence-electron chi connectivity index (χ2n) is 2.72. The molecular formula is C9H7ClN2O2. The number of esters is 1. The number of carbonyl (C=O) groups is 1. The molecule has 0 aliphatic carbocycles. The van der Waals surface area contributed by atoms with E-state index in [1.165, 1.54) is 7.11 Å². The molecule has 2 aromatic rings.